The summed E-state index contributed by atoms with van der Waals surface area (Å²) in [7, 11) is 0. The monoisotopic (exact) mass is 180 g/mol. The van der Waals surface area contributed by atoms with Gasteiger partial charge < -0.3 is 0 Å². The van der Waals surface area contributed by atoms with E-state index in [0.29, 0.717) is 0 Å². The molecule has 0 heterocycles. The SMILES string of the molecule is IC1C2C[C@H]12. The van der Waals surface area contributed by atoms with E-state index >= 15 is 0 Å². The van der Waals surface area contributed by atoms with Crippen LogP contribution in [0.2, 0.25) is 0 Å². The van der Waals surface area contributed by atoms with E-state index in [1.807, 2.05) is 0 Å². The fraction of sp³-hybridized carbons (Fsp3) is 1.00. The Balaban J connectivity index is 2.19. The van der Waals surface area contributed by atoms with Gasteiger partial charge in [0, 0.05) is 3.92 Å². The smallest absolute Gasteiger partial charge is 0.0172 e. The number of rotatable bonds is 0. The Morgan fingerprint density at radius 1 is 1.40 bits per heavy atom. The molecule has 2 aliphatic carbocycles. The van der Waals surface area contributed by atoms with Crippen LogP contribution >= 0.6 is 22.6 Å². The number of hydrogen-bond donors (Lipinski definition) is 0. The van der Waals surface area contributed by atoms with Gasteiger partial charge >= 0.3 is 0 Å². The molecule has 0 nitrogen and oxygen atoms in total. The van der Waals surface area contributed by atoms with Crippen LogP contribution in [0.5, 0.6) is 0 Å². The van der Waals surface area contributed by atoms with Crippen molar-refractivity contribution < 1.29 is 0 Å². The molecule has 2 unspecified atom stereocenters. The van der Waals surface area contributed by atoms with Gasteiger partial charge in [0.25, 0.3) is 0 Å². The molecule has 2 aliphatic rings. The molecule has 0 radical (unpaired) electrons. The van der Waals surface area contributed by atoms with Crippen LogP contribution in [-0.2, 0) is 0 Å². The minimum atomic E-state index is 1.12. The van der Waals surface area contributed by atoms with Crippen LogP contribution in [-0.4, -0.2) is 3.92 Å². The zero-order valence-electron chi connectivity index (χ0n) is 2.82. The van der Waals surface area contributed by atoms with Crippen molar-refractivity contribution in [3.05, 3.63) is 0 Å². The molecule has 0 saturated heterocycles. The van der Waals surface area contributed by atoms with Gasteiger partial charge in [-0.15, -0.1) is 0 Å². The predicted octanol–water partition coefficient (Wildman–Crippen LogP) is 1.44. The van der Waals surface area contributed by atoms with Crippen LogP contribution in [0.15, 0.2) is 0 Å². The minimum Gasteiger partial charge on any atom is -0.0820 e. The number of fused-ring (bicyclic) bond motifs is 1. The Morgan fingerprint density at radius 2 is 1.80 bits per heavy atom. The molecular formula is C4H5I. The van der Waals surface area contributed by atoms with Gasteiger partial charge in [-0.05, 0) is 18.3 Å². The Labute approximate surface area is 45.1 Å². The molecule has 2 saturated carbocycles. The molecule has 0 aromatic carbocycles. The van der Waals surface area contributed by atoms with Crippen LogP contribution in [0.25, 0.3) is 0 Å². The Kier molecular flexibility index (Phi) is 0.324. The van der Waals surface area contributed by atoms with Crippen LogP contribution in [0.1, 0.15) is 6.42 Å². The molecule has 0 amide bonds. The van der Waals surface area contributed by atoms with Gasteiger partial charge in [0.05, 0.1) is 0 Å². The third-order valence-electron chi connectivity index (χ3n) is 1.57. The fourth-order valence-corrected chi connectivity index (χ4v) is 2.11. The van der Waals surface area contributed by atoms with Crippen molar-refractivity contribution in [1.82, 2.24) is 0 Å². The van der Waals surface area contributed by atoms with Crippen LogP contribution < -0.4 is 0 Å². The van der Waals surface area contributed by atoms with Gasteiger partial charge in [-0.1, -0.05) is 22.6 Å². The maximum Gasteiger partial charge on any atom is 0.0172 e. The summed E-state index contributed by atoms with van der Waals surface area (Å²) in [6.07, 6.45) is 1.56. The van der Waals surface area contributed by atoms with Gasteiger partial charge in [0.15, 0.2) is 0 Å². The highest BCUT2D eigenvalue weighted by atomic mass is 127. The normalized spacial score (nSPS) is 70.2. The third-order valence-corrected chi connectivity index (χ3v) is 3.42. The average Bonchev–Trinajstić information content (AvgIpc) is 2.11. The molecule has 0 aromatic heterocycles. The topological polar surface area (TPSA) is 0 Å². The Morgan fingerprint density at radius 3 is 1.80 bits per heavy atom. The molecule has 0 aliphatic heterocycles. The second-order valence-electron chi connectivity index (χ2n) is 2.01. The summed E-state index contributed by atoms with van der Waals surface area (Å²) in [6, 6.07) is 0. The highest BCUT2D eigenvalue weighted by Crippen LogP contribution is 2.66. The Bertz CT molecular complexity index is 55.3. The first kappa shape index (κ1) is 2.83. The summed E-state index contributed by atoms with van der Waals surface area (Å²) in [6.45, 7) is 0. The van der Waals surface area contributed by atoms with Gasteiger partial charge in [-0.3, -0.25) is 0 Å². The molecule has 0 bridgehead atoms. The summed E-state index contributed by atoms with van der Waals surface area (Å²) in [4.78, 5) is 0. The van der Waals surface area contributed by atoms with E-state index in [0.717, 1.165) is 3.92 Å². The molecule has 2 fully saturated rings. The maximum absolute atomic E-state index is 2.53. The summed E-state index contributed by atoms with van der Waals surface area (Å²) in [5, 5.41) is 0. The first-order valence-corrected chi connectivity index (χ1v) is 3.28. The molecule has 2 rings (SSSR count). The molecule has 0 spiro atoms. The van der Waals surface area contributed by atoms with E-state index in [4.69, 9.17) is 0 Å². The van der Waals surface area contributed by atoms with Gasteiger partial charge in [0.2, 0.25) is 0 Å². The van der Waals surface area contributed by atoms with Crippen molar-refractivity contribution in [2.24, 2.45) is 11.8 Å². The fourth-order valence-electron chi connectivity index (χ4n) is 0.698. The second kappa shape index (κ2) is 0.572. The number of hydrogen-bond acceptors (Lipinski definition) is 0. The number of halogens is 1. The van der Waals surface area contributed by atoms with E-state index in [-0.39, 0.29) is 0 Å². The highest BCUT2D eigenvalue weighted by Gasteiger charge is 2.62. The number of alkyl halides is 1. The third kappa shape index (κ3) is 0.218. The highest BCUT2D eigenvalue weighted by molar-refractivity contribution is 14.1. The van der Waals surface area contributed by atoms with Gasteiger partial charge in [-0.25, -0.2) is 0 Å². The van der Waals surface area contributed by atoms with E-state index in [9.17, 15) is 0 Å². The van der Waals surface area contributed by atoms with Crippen molar-refractivity contribution >= 4 is 22.6 Å². The first-order chi connectivity index (χ1) is 2.39. The van der Waals surface area contributed by atoms with E-state index in [2.05, 4.69) is 22.6 Å². The summed E-state index contributed by atoms with van der Waals surface area (Å²) in [5.74, 6) is 2.41. The molecule has 5 heavy (non-hydrogen) atoms. The largest absolute Gasteiger partial charge is 0.0820 e. The van der Waals surface area contributed by atoms with Crippen LogP contribution in [0.3, 0.4) is 0 Å². The van der Waals surface area contributed by atoms with Crippen molar-refractivity contribution in [3.8, 4) is 0 Å². The zero-order valence-corrected chi connectivity index (χ0v) is 4.97. The van der Waals surface area contributed by atoms with Crippen LogP contribution in [0.4, 0.5) is 0 Å². The summed E-state index contributed by atoms with van der Waals surface area (Å²) in [5.41, 5.74) is 0. The molecule has 0 N–H and O–H groups in total. The van der Waals surface area contributed by atoms with E-state index in [1.54, 1.807) is 6.42 Å². The van der Waals surface area contributed by atoms with Crippen molar-refractivity contribution in [2.45, 2.75) is 10.3 Å². The average molecular weight is 180 g/mol. The van der Waals surface area contributed by atoms with Gasteiger partial charge in [-0.2, -0.15) is 0 Å². The minimum absolute atomic E-state index is 1.12. The van der Waals surface area contributed by atoms with Crippen molar-refractivity contribution in [1.29, 1.82) is 0 Å². The zero-order chi connectivity index (χ0) is 3.44. The quantitative estimate of drug-likeness (QED) is 0.390. The summed E-state index contributed by atoms with van der Waals surface area (Å²) >= 11 is 2.53. The second-order valence-corrected chi connectivity index (χ2v) is 3.45. The van der Waals surface area contributed by atoms with Crippen molar-refractivity contribution in [3.63, 3.8) is 0 Å². The Hall–Kier alpha value is 0.730. The molecule has 3 atom stereocenters. The summed E-state index contributed by atoms with van der Waals surface area (Å²) < 4.78 is 1.12. The molecule has 0 aromatic rings. The lowest BCUT2D eigenvalue weighted by atomic mass is 10.4. The predicted molar refractivity (Wildman–Crippen MR) is 29.4 cm³/mol. The van der Waals surface area contributed by atoms with E-state index < -0.39 is 0 Å². The molecule has 28 valence electrons. The van der Waals surface area contributed by atoms with Gasteiger partial charge in [0.1, 0.15) is 0 Å². The van der Waals surface area contributed by atoms with E-state index in [1.165, 1.54) is 11.8 Å². The molecular weight excluding hydrogens is 175 g/mol. The lowest BCUT2D eigenvalue weighted by Crippen LogP contribution is -1.76. The molecule has 1 heteroatoms. The van der Waals surface area contributed by atoms with Crippen molar-refractivity contribution in [2.75, 3.05) is 0 Å². The lowest BCUT2D eigenvalue weighted by Gasteiger charge is -1.79. The standard InChI is InChI=1S/C4H5I/c5-4-2-1-3(2)4/h2-4H,1H2/t2-,3?,4?/m0/s1. The van der Waals surface area contributed by atoms with Crippen LogP contribution in [0, 0.1) is 11.8 Å². The first-order valence-electron chi connectivity index (χ1n) is 2.03. The lowest BCUT2D eigenvalue weighted by molar-refractivity contribution is 0.959. The maximum atomic E-state index is 2.53.